The standard InChI is InChI=1S/C18H34/c1-13-9-14(2)11-18(10-13)8-7-17-6-5-15(3)16(4)12-17/h13-18H,5-12H2,1-4H3. The summed E-state index contributed by atoms with van der Waals surface area (Å²) in [5.41, 5.74) is 0. The molecule has 0 heterocycles. The Labute approximate surface area is 115 Å². The highest BCUT2D eigenvalue weighted by Crippen LogP contribution is 2.39. The Morgan fingerprint density at radius 2 is 1.22 bits per heavy atom. The van der Waals surface area contributed by atoms with E-state index in [1.165, 1.54) is 51.4 Å². The maximum absolute atomic E-state index is 2.47. The van der Waals surface area contributed by atoms with Crippen LogP contribution in [0.1, 0.15) is 79.1 Å². The lowest BCUT2D eigenvalue weighted by molar-refractivity contribution is 0.166. The fourth-order valence-corrected chi connectivity index (χ4v) is 4.74. The van der Waals surface area contributed by atoms with Crippen LogP contribution in [0.25, 0.3) is 0 Å². The van der Waals surface area contributed by atoms with E-state index < -0.39 is 0 Å². The molecule has 0 bridgehead atoms. The average molecular weight is 250 g/mol. The Morgan fingerprint density at radius 1 is 0.611 bits per heavy atom. The van der Waals surface area contributed by atoms with Gasteiger partial charge in [0.1, 0.15) is 0 Å². The minimum Gasteiger partial charge on any atom is -0.0625 e. The van der Waals surface area contributed by atoms with Crippen LogP contribution in [-0.4, -0.2) is 0 Å². The van der Waals surface area contributed by atoms with Crippen molar-refractivity contribution in [3.05, 3.63) is 0 Å². The summed E-state index contributed by atoms with van der Waals surface area (Å²) < 4.78 is 0. The van der Waals surface area contributed by atoms with E-state index >= 15 is 0 Å². The van der Waals surface area contributed by atoms with E-state index in [0.29, 0.717) is 0 Å². The van der Waals surface area contributed by atoms with Crippen LogP contribution < -0.4 is 0 Å². The van der Waals surface area contributed by atoms with E-state index in [0.717, 1.165) is 35.5 Å². The van der Waals surface area contributed by atoms with Gasteiger partial charge in [0.25, 0.3) is 0 Å². The van der Waals surface area contributed by atoms with E-state index in [2.05, 4.69) is 27.7 Å². The third-order valence-corrected chi connectivity index (χ3v) is 5.97. The first-order chi connectivity index (χ1) is 8.54. The zero-order valence-corrected chi connectivity index (χ0v) is 13.1. The van der Waals surface area contributed by atoms with Gasteiger partial charge in [-0.3, -0.25) is 0 Å². The van der Waals surface area contributed by atoms with Crippen molar-refractivity contribution in [2.24, 2.45) is 35.5 Å². The molecule has 0 saturated heterocycles. The molecule has 2 fully saturated rings. The van der Waals surface area contributed by atoms with Crippen molar-refractivity contribution in [3.8, 4) is 0 Å². The van der Waals surface area contributed by atoms with Gasteiger partial charge in [0.05, 0.1) is 0 Å². The minimum absolute atomic E-state index is 0.980. The monoisotopic (exact) mass is 250 g/mol. The minimum atomic E-state index is 0.980. The highest BCUT2D eigenvalue weighted by Gasteiger charge is 2.27. The van der Waals surface area contributed by atoms with E-state index in [1.807, 2.05) is 0 Å². The van der Waals surface area contributed by atoms with Gasteiger partial charge in [0.2, 0.25) is 0 Å². The van der Waals surface area contributed by atoms with Gasteiger partial charge in [-0.1, -0.05) is 53.4 Å². The molecule has 2 rings (SSSR count). The van der Waals surface area contributed by atoms with E-state index in [4.69, 9.17) is 0 Å². The lowest BCUT2D eigenvalue weighted by Crippen LogP contribution is -2.23. The number of hydrogen-bond acceptors (Lipinski definition) is 0. The largest absolute Gasteiger partial charge is 0.0625 e. The second kappa shape index (κ2) is 6.44. The van der Waals surface area contributed by atoms with Crippen LogP contribution in [0.15, 0.2) is 0 Å². The lowest BCUT2D eigenvalue weighted by Gasteiger charge is -2.35. The van der Waals surface area contributed by atoms with E-state index in [-0.39, 0.29) is 0 Å². The maximum Gasteiger partial charge on any atom is -0.0409 e. The Balaban J connectivity index is 1.71. The van der Waals surface area contributed by atoms with Gasteiger partial charge < -0.3 is 0 Å². The van der Waals surface area contributed by atoms with Gasteiger partial charge in [-0.15, -0.1) is 0 Å². The van der Waals surface area contributed by atoms with E-state index in [1.54, 1.807) is 0 Å². The Bertz CT molecular complexity index is 234. The summed E-state index contributed by atoms with van der Waals surface area (Å²) in [5, 5.41) is 0. The molecule has 0 N–H and O–H groups in total. The lowest BCUT2D eigenvalue weighted by atomic mass is 9.71. The predicted molar refractivity (Wildman–Crippen MR) is 80.6 cm³/mol. The Hall–Kier alpha value is 0. The maximum atomic E-state index is 2.47. The van der Waals surface area contributed by atoms with Crippen molar-refractivity contribution in [3.63, 3.8) is 0 Å². The molecule has 0 radical (unpaired) electrons. The summed E-state index contributed by atoms with van der Waals surface area (Å²) in [7, 11) is 0. The van der Waals surface area contributed by atoms with Crippen LogP contribution in [-0.2, 0) is 0 Å². The molecule has 0 aromatic carbocycles. The molecule has 0 aromatic heterocycles. The van der Waals surface area contributed by atoms with Gasteiger partial charge in [0.15, 0.2) is 0 Å². The molecule has 2 saturated carbocycles. The summed E-state index contributed by atoms with van der Waals surface area (Å²) in [6.07, 6.45) is 12.1. The molecule has 5 unspecified atom stereocenters. The van der Waals surface area contributed by atoms with Crippen LogP contribution >= 0.6 is 0 Å². The molecule has 2 aliphatic rings. The first-order valence-corrected chi connectivity index (χ1v) is 8.54. The number of hydrogen-bond donors (Lipinski definition) is 0. The molecule has 5 atom stereocenters. The molecule has 0 heteroatoms. The second-order valence-corrected chi connectivity index (χ2v) is 7.99. The van der Waals surface area contributed by atoms with Crippen LogP contribution in [0, 0.1) is 35.5 Å². The van der Waals surface area contributed by atoms with Crippen molar-refractivity contribution >= 4 is 0 Å². The van der Waals surface area contributed by atoms with Crippen LogP contribution in [0.3, 0.4) is 0 Å². The van der Waals surface area contributed by atoms with Gasteiger partial charge in [-0.05, 0) is 61.2 Å². The normalized spacial score (nSPS) is 46.0. The van der Waals surface area contributed by atoms with E-state index in [9.17, 15) is 0 Å². The van der Waals surface area contributed by atoms with Crippen molar-refractivity contribution in [1.29, 1.82) is 0 Å². The second-order valence-electron chi connectivity index (χ2n) is 7.99. The summed E-state index contributed by atoms with van der Waals surface area (Å²) >= 11 is 0. The summed E-state index contributed by atoms with van der Waals surface area (Å²) in [6, 6.07) is 0. The van der Waals surface area contributed by atoms with Crippen molar-refractivity contribution < 1.29 is 0 Å². The third kappa shape index (κ3) is 4.00. The fraction of sp³-hybridized carbons (Fsp3) is 1.00. The van der Waals surface area contributed by atoms with Crippen LogP contribution in [0.2, 0.25) is 0 Å². The first kappa shape index (κ1) is 14.4. The zero-order chi connectivity index (χ0) is 13.1. The fourth-order valence-electron chi connectivity index (χ4n) is 4.74. The molecular formula is C18H34. The Morgan fingerprint density at radius 3 is 1.83 bits per heavy atom. The Kier molecular flexibility index (Phi) is 5.15. The van der Waals surface area contributed by atoms with Gasteiger partial charge in [-0.25, -0.2) is 0 Å². The highest BCUT2D eigenvalue weighted by atomic mass is 14.3. The summed E-state index contributed by atoms with van der Waals surface area (Å²) in [6.45, 7) is 9.85. The van der Waals surface area contributed by atoms with Gasteiger partial charge in [-0.2, -0.15) is 0 Å². The zero-order valence-electron chi connectivity index (χ0n) is 13.1. The van der Waals surface area contributed by atoms with Crippen molar-refractivity contribution in [1.82, 2.24) is 0 Å². The average Bonchev–Trinajstić information content (AvgIpc) is 2.29. The molecule has 0 spiro atoms. The summed E-state index contributed by atoms with van der Waals surface area (Å²) in [4.78, 5) is 0. The molecule has 0 aromatic rings. The molecule has 2 aliphatic carbocycles. The first-order valence-electron chi connectivity index (χ1n) is 8.54. The SMILES string of the molecule is CC1CC(C)CC(CCC2CCC(C)C(C)C2)C1. The van der Waals surface area contributed by atoms with Crippen LogP contribution in [0.4, 0.5) is 0 Å². The van der Waals surface area contributed by atoms with Gasteiger partial charge in [0, 0.05) is 0 Å². The van der Waals surface area contributed by atoms with Gasteiger partial charge >= 0.3 is 0 Å². The number of rotatable bonds is 3. The smallest absolute Gasteiger partial charge is 0.0409 e. The predicted octanol–water partition coefficient (Wildman–Crippen LogP) is 5.91. The summed E-state index contributed by atoms with van der Waals surface area (Å²) in [5.74, 6) is 6.05. The topological polar surface area (TPSA) is 0 Å². The molecule has 0 nitrogen and oxygen atoms in total. The quantitative estimate of drug-likeness (QED) is 0.584. The molecule has 0 aliphatic heterocycles. The van der Waals surface area contributed by atoms with Crippen LogP contribution in [0.5, 0.6) is 0 Å². The molecule has 0 amide bonds. The molecular weight excluding hydrogens is 216 g/mol. The molecule has 106 valence electrons. The highest BCUT2D eigenvalue weighted by molar-refractivity contribution is 4.79. The van der Waals surface area contributed by atoms with Crippen molar-refractivity contribution in [2.45, 2.75) is 79.1 Å². The van der Waals surface area contributed by atoms with Crippen molar-refractivity contribution in [2.75, 3.05) is 0 Å². The third-order valence-electron chi connectivity index (χ3n) is 5.97. The molecule has 18 heavy (non-hydrogen) atoms.